The summed E-state index contributed by atoms with van der Waals surface area (Å²) >= 11 is 0. The number of pyridine rings is 1. The van der Waals surface area contributed by atoms with Gasteiger partial charge in [-0.2, -0.15) is 5.26 Å². The second-order valence-corrected chi connectivity index (χ2v) is 6.78. The predicted molar refractivity (Wildman–Crippen MR) is 98.1 cm³/mol. The van der Waals surface area contributed by atoms with Gasteiger partial charge in [-0.1, -0.05) is 31.0 Å². The van der Waals surface area contributed by atoms with Gasteiger partial charge in [0, 0.05) is 6.20 Å². The van der Waals surface area contributed by atoms with Gasteiger partial charge in [-0.15, -0.1) is 0 Å². The number of aromatic nitrogens is 1. The van der Waals surface area contributed by atoms with Crippen molar-refractivity contribution in [1.82, 2.24) is 10.3 Å². The molecule has 3 rings (SSSR count). The number of hydrogen-bond acceptors (Lipinski definition) is 4. The summed E-state index contributed by atoms with van der Waals surface area (Å²) in [6.07, 6.45) is 4.91. The number of ether oxygens (including phenoxy) is 1. The van der Waals surface area contributed by atoms with E-state index in [0.717, 1.165) is 29.8 Å². The van der Waals surface area contributed by atoms with Crippen LogP contribution in [0.1, 0.15) is 49.9 Å². The highest BCUT2D eigenvalue weighted by Crippen LogP contribution is 2.38. The second-order valence-electron chi connectivity index (χ2n) is 6.78. The fourth-order valence-electron chi connectivity index (χ4n) is 3.30. The summed E-state index contributed by atoms with van der Waals surface area (Å²) in [6, 6.07) is 15.4. The Bertz CT molecular complexity index is 792. The molecule has 134 valence electrons. The molecule has 1 aliphatic rings. The van der Waals surface area contributed by atoms with Crippen molar-refractivity contribution in [2.24, 2.45) is 5.41 Å². The van der Waals surface area contributed by atoms with Crippen molar-refractivity contribution in [2.75, 3.05) is 0 Å². The third-order valence-corrected chi connectivity index (χ3v) is 4.92. The molecule has 1 saturated carbocycles. The van der Waals surface area contributed by atoms with Gasteiger partial charge in [0.1, 0.15) is 17.8 Å². The van der Waals surface area contributed by atoms with Gasteiger partial charge < -0.3 is 10.1 Å². The van der Waals surface area contributed by atoms with E-state index in [0.29, 0.717) is 19.4 Å². The lowest BCUT2D eigenvalue weighted by atomic mass is 9.86. The van der Waals surface area contributed by atoms with Gasteiger partial charge in [0.25, 0.3) is 0 Å². The predicted octanol–water partition coefficient (Wildman–Crippen LogP) is 3.92. The lowest BCUT2D eigenvalue weighted by Gasteiger charge is -2.23. The van der Waals surface area contributed by atoms with Crippen LogP contribution >= 0.6 is 0 Å². The summed E-state index contributed by atoms with van der Waals surface area (Å²) in [5, 5.41) is 12.5. The van der Waals surface area contributed by atoms with Crippen LogP contribution < -0.4 is 10.1 Å². The fraction of sp³-hybridized carbons (Fsp3) is 0.381. The van der Waals surface area contributed by atoms with Gasteiger partial charge in [-0.05, 0) is 49.6 Å². The van der Waals surface area contributed by atoms with Crippen molar-refractivity contribution in [3.8, 4) is 11.8 Å². The zero-order valence-electron chi connectivity index (χ0n) is 14.9. The van der Waals surface area contributed by atoms with Gasteiger partial charge in [0.2, 0.25) is 5.91 Å². The standard InChI is InChI=1S/C21H23N3O2/c1-16(24-20(25)21(15-22)10-3-4-11-21)17-7-6-9-19(13-17)26-14-18-8-2-5-12-23-18/h2,5-9,12-13,16H,3-4,10-11,14H2,1H3,(H,24,25)/t16-/m1/s1. The molecule has 1 aromatic heterocycles. The minimum Gasteiger partial charge on any atom is -0.487 e. The first-order valence-electron chi connectivity index (χ1n) is 8.98. The van der Waals surface area contributed by atoms with E-state index in [1.807, 2.05) is 49.4 Å². The molecule has 0 aliphatic heterocycles. The zero-order chi connectivity index (χ0) is 18.4. The first-order valence-corrected chi connectivity index (χ1v) is 8.98. The summed E-state index contributed by atoms with van der Waals surface area (Å²) in [5.41, 5.74) is 0.945. The molecule has 26 heavy (non-hydrogen) atoms. The van der Waals surface area contributed by atoms with E-state index in [-0.39, 0.29) is 11.9 Å². The van der Waals surface area contributed by atoms with E-state index in [4.69, 9.17) is 4.74 Å². The van der Waals surface area contributed by atoms with Gasteiger partial charge in [0.05, 0.1) is 17.8 Å². The summed E-state index contributed by atoms with van der Waals surface area (Å²) in [4.78, 5) is 16.8. The van der Waals surface area contributed by atoms with Crippen molar-refractivity contribution >= 4 is 5.91 Å². The van der Waals surface area contributed by atoms with Crippen LogP contribution in [-0.2, 0) is 11.4 Å². The van der Waals surface area contributed by atoms with Gasteiger partial charge in [-0.25, -0.2) is 0 Å². The zero-order valence-corrected chi connectivity index (χ0v) is 14.9. The molecule has 2 aromatic rings. The third kappa shape index (κ3) is 4.02. The first-order chi connectivity index (χ1) is 12.6. The van der Waals surface area contributed by atoms with Crippen LogP contribution in [-0.4, -0.2) is 10.9 Å². The minimum atomic E-state index is -0.860. The molecule has 0 radical (unpaired) electrons. The number of hydrogen-bond donors (Lipinski definition) is 1. The average molecular weight is 349 g/mol. The smallest absolute Gasteiger partial charge is 0.240 e. The van der Waals surface area contributed by atoms with E-state index < -0.39 is 5.41 Å². The Hall–Kier alpha value is -2.87. The fourth-order valence-corrected chi connectivity index (χ4v) is 3.30. The van der Waals surface area contributed by atoms with Crippen molar-refractivity contribution in [2.45, 2.75) is 45.3 Å². The second kappa shape index (κ2) is 8.01. The molecule has 0 bridgehead atoms. The average Bonchev–Trinajstić information content (AvgIpc) is 3.18. The highest BCUT2D eigenvalue weighted by molar-refractivity contribution is 5.86. The van der Waals surface area contributed by atoms with Crippen molar-refractivity contribution in [3.63, 3.8) is 0 Å². The largest absolute Gasteiger partial charge is 0.487 e. The number of nitrogens with zero attached hydrogens (tertiary/aromatic N) is 2. The first kappa shape index (κ1) is 17.9. The van der Waals surface area contributed by atoms with E-state index in [9.17, 15) is 10.1 Å². The van der Waals surface area contributed by atoms with E-state index >= 15 is 0 Å². The highest BCUT2D eigenvalue weighted by atomic mass is 16.5. The quantitative estimate of drug-likeness (QED) is 0.857. The van der Waals surface area contributed by atoms with Gasteiger partial charge in [0.15, 0.2) is 0 Å². The number of nitriles is 1. The number of amides is 1. The lowest BCUT2D eigenvalue weighted by Crippen LogP contribution is -2.39. The Labute approximate surface area is 154 Å². The molecule has 0 spiro atoms. The molecule has 0 unspecified atom stereocenters. The molecule has 5 nitrogen and oxygen atoms in total. The van der Waals surface area contributed by atoms with Crippen molar-refractivity contribution in [1.29, 1.82) is 5.26 Å². The number of carbonyl (C=O) groups excluding carboxylic acids is 1. The summed E-state index contributed by atoms with van der Waals surface area (Å²) < 4.78 is 5.80. The molecule has 1 N–H and O–H groups in total. The summed E-state index contributed by atoms with van der Waals surface area (Å²) in [7, 11) is 0. The maximum atomic E-state index is 12.6. The Morgan fingerprint density at radius 2 is 2.12 bits per heavy atom. The van der Waals surface area contributed by atoms with Crippen molar-refractivity contribution < 1.29 is 9.53 Å². The van der Waals surface area contributed by atoms with Crippen LogP contribution in [0.3, 0.4) is 0 Å². The minimum absolute atomic E-state index is 0.162. The number of carbonyl (C=O) groups is 1. The van der Waals surface area contributed by atoms with Crippen molar-refractivity contribution in [3.05, 3.63) is 59.9 Å². The van der Waals surface area contributed by atoms with E-state index in [1.54, 1.807) is 6.20 Å². The van der Waals surface area contributed by atoms with E-state index in [2.05, 4.69) is 16.4 Å². The molecule has 1 atom stereocenters. The molecule has 1 aromatic carbocycles. The molecule has 1 fully saturated rings. The molecule has 1 heterocycles. The highest BCUT2D eigenvalue weighted by Gasteiger charge is 2.41. The summed E-state index contributed by atoms with van der Waals surface area (Å²) in [6.45, 7) is 2.32. The molecular formula is C21H23N3O2. The maximum absolute atomic E-state index is 12.6. The topological polar surface area (TPSA) is 75.0 Å². The molecule has 5 heteroatoms. The Morgan fingerprint density at radius 1 is 1.31 bits per heavy atom. The van der Waals surface area contributed by atoms with Crippen LogP contribution in [0.15, 0.2) is 48.7 Å². The monoisotopic (exact) mass is 349 g/mol. The molecule has 1 amide bonds. The Balaban J connectivity index is 1.63. The molecule has 0 saturated heterocycles. The lowest BCUT2D eigenvalue weighted by molar-refractivity contribution is -0.128. The van der Waals surface area contributed by atoms with Crippen LogP contribution in [0.25, 0.3) is 0 Å². The van der Waals surface area contributed by atoms with Gasteiger partial charge in [-0.3, -0.25) is 9.78 Å². The number of nitrogens with one attached hydrogen (secondary N) is 1. The van der Waals surface area contributed by atoms with E-state index in [1.165, 1.54) is 0 Å². The Kier molecular flexibility index (Phi) is 5.52. The molecule has 1 aliphatic carbocycles. The third-order valence-electron chi connectivity index (χ3n) is 4.92. The number of rotatable bonds is 6. The number of benzene rings is 1. The van der Waals surface area contributed by atoms with Crippen LogP contribution in [0.2, 0.25) is 0 Å². The SMILES string of the molecule is C[C@@H](NC(=O)C1(C#N)CCCC1)c1cccc(OCc2ccccn2)c1. The van der Waals surface area contributed by atoms with Gasteiger partial charge >= 0.3 is 0 Å². The van der Waals surface area contributed by atoms with Crippen LogP contribution in [0.5, 0.6) is 5.75 Å². The summed E-state index contributed by atoms with van der Waals surface area (Å²) in [5.74, 6) is 0.565. The Morgan fingerprint density at radius 3 is 2.81 bits per heavy atom. The van der Waals surface area contributed by atoms with Crippen LogP contribution in [0.4, 0.5) is 0 Å². The molecular weight excluding hydrogens is 326 g/mol. The maximum Gasteiger partial charge on any atom is 0.240 e. The normalized spacial score (nSPS) is 16.5. The van der Waals surface area contributed by atoms with Crippen LogP contribution in [0, 0.1) is 16.7 Å².